The van der Waals surface area contributed by atoms with Gasteiger partial charge < -0.3 is 9.84 Å². The van der Waals surface area contributed by atoms with Crippen molar-refractivity contribution in [2.24, 2.45) is 5.92 Å². The molecular formula is C16H17FO3. The summed E-state index contributed by atoms with van der Waals surface area (Å²) in [6.07, 6.45) is 1.99. The van der Waals surface area contributed by atoms with E-state index in [0.29, 0.717) is 25.9 Å². The van der Waals surface area contributed by atoms with Gasteiger partial charge in [0.15, 0.2) is 0 Å². The SMILES string of the molecule is C=C1CO[C@]2(CC[C@H](C(=O)O)[C@H]2c2ccc(F)cc2)C1. The van der Waals surface area contributed by atoms with Gasteiger partial charge >= 0.3 is 5.97 Å². The molecule has 1 saturated carbocycles. The third kappa shape index (κ3) is 2.04. The standard InChI is InChI=1S/C16H17FO3/c1-10-8-16(20-9-10)7-6-13(15(18)19)14(16)11-2-4-12(17)5-3-11/h2-5,13-14H,1,6-9H2,(H,18,19)/t13-,14+,16+/m0/s1. The van der Waals surface area contributed by atoms with E-state index in [1.807, 2.05) is 0 Å². The maximum Gasteiger partial charge on any atom is 0.307 e. The predicted octanol–water partition coefficient (Wildman–Crippen LogP) is 3.12. The lowest BCUT2D eigenvalue weighted by Crippen LogP contribution is -2.35. The molecule has 1 saturated heterocycles. The first kappa shape index (κ1) is 13.3. The fraction of sp³-hybridized carbons (Fsp3) is 0.438. The maximum atomic E-state index is 13.1. The first-order valence-electron chi connectivity index (χ1n) is 6.81. The highest BCUT2D eigenvalue weighted by Gasteiger charge is 2.54. The number of benzene rings is 1. The Kier molecular flexibility index (Phi) is 3.13. The van der Waals surface area contributed by atoms with E-state index in [0.717, 1.165) is 11.1 Å². The molecule has 0 unspecified atom stereocenters. The molecule has 2 fully saturated rings. The van der Waals surface area contributed by atoms with Gasteiger partial charge in [-0.15, -0.1) is 0 Å². The largest absolute Gasteiger partial charge is 0.481 e. The molecule has 0 aromatic heterocycles. The Morgan fingerprint density at radius 1 is 1.40 bits per heavy atom. The number of rotatable bonds is 2. The Morgan fingerprint density at radius 3 is 2.65 bits per heavy atom. The van der Waals surface area contributed by atoms with Crippen LogP contribution < -0.4 is 0 Å². The van der Waals surface area contributed by atoms with Crippen LogP contribution in [0.4, 0.5) is 4.39 Å². The van der Waals surface area contributed by atoms with Crippen molar-refractivity contribution >= 4 is 5.97 Å². The summed E-state index contributed by atoms with van der Waals surface area (Å²) in [7, 11) is 0. The molecule has 1 aliphatic carbocycles. The highest BCUT2D eigenvalue weighted by molar-refractivity contribution is 5.72. The van der Waals surface area contributed by atoms with E-state index in [2.05, 4.69) is 6.58 Å². The number of carbonyl (C=O) groups is 1. The summed E-state index contributed by atoms with van der Waals surface area (Å²) in [4.78, 5) is 11.5. The Morgan fingerprint density at radius 2 is 2.10 bits per heavy atom. The van der Waals surface area contributed by atoms with Crippen molar-refractivity contribution < 1.29 is 19.0 Å². The van der Waals surface area contributed by atoms with Crippen molar-refractivity contribution in [1.82, 2.24) is 0 Å². The third-order valence-electron chi connectivity index (χ3n) is 4.51. The molecule has 0 radical (unpaired) electrons. The quantitative estimate of drug-likeness (QED) is 0.844. The molecule has 2 aliphatic rings. The number of aliphatic carboxylic acids is 1. The van der Waals surface area contributed by atoms with E-state index in [9.17, 15) is 14.3 Å². The second kappa shape index (κ2) is 4.70. The van der Waals surface area contributed by atoms with Crippen molar-refractivity contribution in [3.05, 3.63) is 47.8 Å². The molecule has 3 rings (SSSR count). The van der Waals surface area contributed by atoms with Crippen LogP contribution in [0.2, 0.25) is 0 Å². The molecule has 0 bridgehead atoms. The van der Waals surface area contributed by atoms with Gasteiger partial charge in [0, 0.05) is 5.92 Å². The van der Waals surface area contributed by atoms with Gasteiger partial charge in [-0.25, -0.2) is 4.39 Å². The Balaban J connectivity index is 2.02. The van der Waals surface area contributed by atoms with Gasteiger partial charge in [0.2, 0.25) is 0 Å². The number of hydrogen-bond acceptors (Lipinski definition) is 2. The average Bonchev–Trinajstić information content (AvgIpc) is 2.95. The lowest BCUT2D eigenvalue weighted by atomic mass is 9.78. The molecule has 1 heterocycles. The van der Waals surface area contributed by atoms with E-state index < -0.39 is 17.5 Å². The third-order valence-corrected chi connectivity index (χ3v) is 4.51. The molecule has 0 amide bonds. The molecule has 1 aromatic carbocycles. The molecule has 1 aromatic rings. The van der Waals surface area contributed by atoms with E-state index in [1.165, 1.54) is 12.1 Å². The van der Waals surface area contributed by atoms with Crippen molar-refractivity contribution in [2.75, 3.05) is 6.61 Å². The number of hydrogen-bond donors (Lipinski definition) is 1. The van der Waals surface area contributed by atoms with Crippen LogP contribution in [0, 0.1) is 11.7 Å². The lowest BCUT2D eigenvalue weighted by molar-refractivity contribution is -0.143. The molecule has 1 spiro atoms. The zero-order chi connectivity index (χ0) is 14.3. The summed E-state index contributed by atoms with van der Waals surface area (Å²) in [5.74, 6) is -1.84. The maximum absolute atomic E-state index is 13.1. The van der Waals surface area contributed by atoms with Crippen molar-refractivity contribution in [1.29, 1.82) is 0 Å². The van der Waals surface area contributed by atoms with Gasteiger partial charge in [0.1, 0.15) is 5.82 Å². The van der Waals surface area contributed by atoms with Crippen molar-refractivity contribution in [3.8, 4) is 0 Å². The Bertz CT molecular complexity index is 551. The lowest BCUT2D eigenvalue weighted by Gasteiger charge is -2.32. The number of halogens is 1. The van der Waals surface area contributed by atoms with Crippen LogP contribution in [-0.2, 0) is 9.53 Å². The van der Waals surface area contributed by atoms with Gasteiger partial charge in [0.25, 0.3) is 0 Å². The minimum Gasteiger partial charge on any atom is -0.481 e. The monoisotopic (exact) mass is 276 g/mol. The number of carboxylic acids is 1. The average molecular weight is 276 g/mol. The van der Waals surface area contributed by atoms with Gasteiger partial charge in [-0.2, -0.15) is 0 Å². The van der Waals surface area contributed by atoms with Gasteiger partial charge in [-0.05, 0) is 42.5 Å². The van der Waals surface area contributed by atoms with Crippen LogP contribution >= 0.6 is 0 Å². The Labute approximate surface area is 117 Å². The van der Waals surface area contributed by atoms with E-state index >= 15 is 0 Å². The van der Waals surface area contributed by atoms with E-state index in [4.69, 9.17) is 4.74 Å². The van der Waals surface area contributed by atoms with Gasteiger partial charge in [-0.3, -0.25) is 4.79 Å². The van der Waals surface area contributed by atoms with E-state index in [-0.39, 0.29) is 11.7 Å². The first-order valence-corrected chi connectivity index (χ1v) is 6.81. The molecule has 3 atom stereocenters. The summed E-state index contributed by atoms with van der Waals surface area (Å²) in [6.45, 7) is 4.44. The predicted molar refractivity (Wildman–Crippen MR) is 71.9 cm³/mol. The van der Waals surface area contributed by atoms with Gasteiger partial charge in [0.05, 0.1) is 18.1 Å². The molecule has 1 N–H and O–H groups in total. The van der Waals surface area contributed by atoms with Crippen LogP contribution in [-0.4, -0.2) is 23.3 Å². The summed E-state index contributed by atoms with van der Waals surface area (Å²) in [5, 5.41) is 9.46. The fourth-order valence-electron chi connectivity index (χ4n) is 3.69. The van der Waals surface area contributed by atoms with Crippen LogP contribution in [0.5, 0.6) is 0 Å². The summed E-state index contributed by atoms with van der Waals surface area (Å²) >= 11 is 0. The highest BCUT2D eigenvalue weighted by Crippen LogP contribution is 2.54. The number of carboxylic acid groups (broad SMARTS) is 1. The van der Waals surface area contributed by atoms with Crippen LogP contribution in [0.1, 0.15) is 30.7 Å². The Hall–Kier alpha value is -1.68. The normalized spacial score (nSPS) is 33.0. The minimum absolute atomic E-state index is 0.236. The van der Waals surface area contributed by atoms with Crippen molar-refractivity contribution in [2.45, 2.75) is 30.8 Å². The molecule has 3 nitrogen and oxygen atoms in total. The summed E-state index contributed by atoms with van der Waals surface area (Å²) < 4.78 is 19.0. The first-order chi connectivity index (χ1) is 9.52. The van der Waals surface area contributed by atoms with Crippen molar-refractivity contribution in [3.63, 3.8) is 0 Å². The van der Waals surface area contributed by atoms with Crippen LogP contribution in [0.3, 0.4) is 0 Å². The summed E-state index contributed by atoms with van der Waals surface area (Å²) in [5.41, 5.74) is 1.37. The second-order valence-electron chi connectivity index (χ2n) is 5.79. The topological polar surface area (TPSA) is 46.5 Å². The zero-order valence-corrected chi connectivity index (χ0v) is 11.1. The fourth-order valence-corrected chi connectivity index (χ4v) is 3.69. The van der Waals surface area contributed by atoms with Crippen LogP contribution in [0.25, 0.3) is 0 Å². The van der Waals surface area contributed by atoms with Crippen LogP contribution in [0.15, 0.2) is 36.4 Å². The smallest absolute Gasteiger partial charge is 0.307 e. The second-order valence-corrected chi connectivity index (χ2v) is 5.79. The minimum atomic E-state index is -0.808. The zero-order valence-electron chi connectivity index (χ0n) is 11.1. The molecule has 1 aliphatic heterocycles. The van der Waals surface area contributed by atoms with E-state index in [1.54, 1.807) is 12.1 Å². The number of ether oxygens (including phenoxy) is 1. The molecule has 20 heavy (non-hydrogen) atoms. The van der Waals surface area contributed by atoms with Gasteiger partial charge in [-0.1, -0.05) is 18.7 Å². The highest BCUT2D eigenvalue weighted by atomic mass is 19.1. The molecule has 106 valence electrons. The molecular weight excluding hydrogens is 259 g/mol. The molecule has 4 heteroatoms. The summed E-state index contributed by atoms with van der Waals surface area (Å²) in [6, 6.07) is 6.11.